The molecule has 0 spiro atoms. The van der Waals surface area contributed by atoms with Gasteiger partial charge in [0.2, 0.25) is 0 Å². The molecule has 0 radical (unpaired) electrons. The van der Waals surface area contributed by atoms with Gasteiger partial charge in [0.25, 0.3) is 0 Å². The lowest BCUT2D eigenvalue weighted by molar-refractivity contribution is 0.159. The Bertz CT molecular complexity index is 417. The van der Waals surface area contributed by atoms with Crippen molar-refractivity contribution in [3.8, 4) is 11.5 Å². The van der Waals surface area contributed by atoms with Gasteiger partial charge in [-0.25, -0.2) is 0 Å². The van der Waals surface area contributed by atoms with Gasteiger partial charge in [-0.15, -0.1) is 0 Å². The van der Waals surface area contributed by atoms with Crippen LogP contribution in [0.4, 0.5) is 0 Å². The Hall–Kier alpha value is -1.26. The van der Waals surface area contributed by atoms with Crippen LogP contribution < -0.4 is 5.32 Å². The van der Waals surface area contributed by atoms with Gasteiger partial charge < -0.3 is 15.5 Å². The van der Waals surface area contributed by atoms with Gasteiger partial charge in [-0.3, -0.25) is 4.90 Å². The van der Waals surface area contributed by atoms with Gasteiger partial charge in [0.1, 0.15) is 0 Å². The third-order valence-corrected chi connectivity index (χ3v) is 4.08. The molecule has 2 rings (SSSR count). The summed E-state index contributed by atoms with van der Waals surface area (Å²) in [5, 5.41) is 23.3. The van der Waals surface area contributed by atoms with Crippen LogP contribution in [0.3, 0.4) is 0 Å². The van der Waals surface area contributed by atoms with Gasteiger partial charge in [0.05, 0.1) is 0 Å². The number of aromatic hydroxyl groups is 2. The Morgan fingerprint density at radius 1 is 1.20 bits per heavy atom. The normalized spacial score (nSPS) is 18.1. The van der Waals surface area contributed by atoms with Crippen molar-refractivity contribution in [1.29, 1.82) is 0 Å². The Kier molecular flexibility index (Phi) is 5.68. The summed E-state index contributed by atoms with van der Waals surface area (Å²) in [7, 11) is 0. The van der Waals surface area contributed by atoms with Crippen molar-refractivity contribution >= 4 is 0 Å². The Labute approximate surface area is 121 Å². The molecule has 3 N–H and O–H groups in total. The number of para-hydroxylation sites is 1. The van der Waals surface area contributed by atoms with Crippen molar-refractivity contribution in [3.63, 3.8) is 0 Å². The van der Waals surface area contributed by atoms with Crippen LogP contribution in [-0.2, 0) is 0 Å². The number of nitrogens with zero attached hydrogens (tertiary/aromatic N) is 1. The number of piperazine rings is 1. The standard InChI is InChI=1S/C16H26N2O2/c1-2-3-4-7-14(18-11-9-17-10-12-18)13-6-5-8-15(19)16(13)20/h5-6,8,14,17,19-20H,2-4,7,9-12H2,1H3/t14-/m0/s1. The second kappa shape index (κ2) is 7.50. The quantitative estimate of drug-likeness (QED) is 0.553. The lowest BCUT2D eigenvalue weighted by Gasteiger charge is -2.35. The molecule has 0 bridgehead atoms. The summed E-state index contributed by atoms with van der Waals surface area (Å²) in [5.41, 5.74) is 0.864. The number of nitrogens with one attached hydrogen (secondary N) is 1. The van der Waals surface area contributed by atoms with E-state index < -0.39 is 0 Å². The Balaban J connectivity index is 2.17. The zero-order valence-electron chi connectivity index (χ0n) is 12.3. The summed E-state index contributed by atoms with van der Waals surface area (Å²) >= 11 is 0. The average molecular weight is 278 g/mol. The van der Waals surface area contributed by atoms with Gasteiger partial charge >= 0.3 is 0 Å². The number of rotatable bonds is 6. The van der Waals surface area contributed by atoms with Crippen LogP contribution in [0.1, 0.15) is 44.2 Å². The smallest absolute Gasteiger partial charge is 0.162 e. The van der Waals surface area contributed by atoms with Crippen molar-refractivity contribution in [2.24, 2.45) is 0 Å². The lowest BCUT2D eigenvalue weighted by Crippen LogP contribution is -2.45. The number of unbranched alkanes of at least 4 members (excludes halogenated alkanes) is 2. The predicted molar refractivity (Wildman–Crippen MR) is 81.1 cm³/mol. The highest BCUT2D eigenvalue weighted by molar-refractivity contribution is 5.46. The van der Waals surface area contributed by atoms with Crippen molar-refractivity contribution in [1.82, 2.24) is 10.2 Å². The number of phenols is 2. The highest BCUT2D eigenvalue weighted by Crippen LogP contribution is 2.37. The summed E-state index contributed by atoms with van der Waals surface area (Å²) in [5.74, 6) is 0.0330. The van der Waals surface area contributed by atoms with E-state index in [1.165, 1.54) is 12.8 Å². The van der Waals surface area contributed by atoms with E-state index in [2.05, 4.69) is 17.1 Å². The topological polar surface area (TPSA) is 55.7 Å². The van der Waals surface area contributed by atoms with E-state index >= 15 is 0 Å². The molecule has 1 aliphatic heterocycles. The van der Waals surface area contributed by atoms with E-state index in [1.807, 2.05) is 12.1 Å². The molecule has 1 aromatic carbocycles. The molecule has 1 saturated heterocycles. The molecule has 0 aliphatic carbocycles. The summed E-state index contributed by atoms with van der Waals surface area (Å²) in [6.07, 6.45) is 4.59. The Morgan fingerprint density at radius 2 is 1.95 bits per heavy atom. The van der Waals surface area contributed by atoms with Crippen LogP contribution in [-0.4, -0.2) is 41.3 Å². The van der Waals surface area contributed by atoms with Crippen molar-refractivity contribution in [2.45, 2.75) is 38.6 Å². The summed E-state index contributed by atoms with van der Waals surface area (Å²) in [6, 6.07) is 5.50. The third kappa shape index (κ3) is 3.64. The maximum atomic E-state index is 10.2. The van der Waals surface area contributed by atoms with E-state index in [0.29, 0.717) is 0 Å². The first-order valence-electron chi connectivity index (χ1n) is 7.69. The molecule has 0 aromatic heterocycles. The molecule has 4 nitrogen and oxygen atoms in total. The molecule has 1 fully saturated rings. The van der Waals surface area contributed by atoms with Crippen molar-refractivity contribution in [3.05, 3.63) is 23.8 Å². The fourth-order valence-electron chi connectivity index (χ4n) is 2.93. The van der Waals surface area contributed by atoms with E-state index in [9.17, 15) is 10.2 Å². The zero-order chi connectivity index (χ0) is 14.4. The second-order valence-corrected chi connectivity index (χ2v) is 5.51. The zero-order valence-corrected chi connectivity index (χ0v) is 12.3. The van der Waals surface area contributed by atoms with Gasteiger partial charge in [0.15, 0.2) is 11.5 Å². The summed E-state index contributed by atoms with van der Waals surface area (Å²) in [4.78, 5) is 2.42. The third-order valence-electron chi connectivity index (χ3n) is 4.08. The summed E-state index contributed by atoms with van der Waals surface area (Å²) < 4.78 is 0. The molecule has 20 heavy (non-hydrogen) atoms. The average Bonchev–Trinajstić information content (AvgIpc) is 2.48. The molecular weight excluding hydrogens is 252 g/mol. The highest BCUT2D eigenvalue weighted by Gasteiger charge is 2.24. The van der Waals surface area contributed by atoms with Crippen LogP contribution >= 0.6 is 0 Å². The van der Waals surface area contributed by atoms with E-state index in [-0.39, 0.29) is 17.5 Å². The molecule has 1 heterocycles. The second-order valence-electron chi connectivity index (χ2n) is 5.51. The van der Waals surface area contributed by atoms with Crippen LogP contribution in [0.2, 0.25) is 0 Å². The number of hydrogen-bond donors (Lipinski definition) is 3. The molecule has 4 heteroatoms. The first kappa shape index (κ1) is 15.1. The largest absolute Gasteiger partial charge is 0.504 e. The van der Waals surface area contributed by atoms with Crippen molar-refractivity contribution in [2.75, 3.05) is 26.2 Å². The van der Waals surface area contributed by atoms with E-state index in [0.717, 1.165) is 44.6 Å². The highest BCUT2D eigenvalue weighted by atomic mass is 16.3. The van der Waals surface area contributed by atoms with Crippen LogP contribution in [0, 0.1) is 0 Å². The molecule has 112 valence electrons. The molecule has 1 aromatic rings. The number of hydrogen-bond acceptors (Lipinski definition) is 4. The maximum absolute atomic E-state index is 10.2. The fourth-order valence-corrected chi connectivity index (χ4v) is 2.93. The first-order chi connectivity index (χ1) is 9.74. The predicted octanol–water partition coefficient (Wildman–Crippen LogP) is 2.62. The molecular formula is C16H26N2O2. The van der Waals surface area contributed by atoms with Gasteiger partial charge in [-0.05, 0) is 12.5 Å². The fraction of sp³-hybridized carbons (Fsp3) is 0.625. The number of benzene rings is 1. The lowest BCUT2D eigenvalue weighted by atomic mass is 9.97. The van der Waals surface area contributed by atoms with E-state index in [1.54, 1.807) is 6.07 Å². The first-order valence-corrected chi connectivity index (χ1v) is 7.69. The molecule has 1 atom stereocenters. The molecule has 0 saturated carbocycles. The van der Waals surface area contributed by atoms with Crippen LogP contribution in [0.5, 0.6) is 11.5 Å². The van der Waals surface area contributed by atoms with Crippen LogP contribution in [0.25, 0.3) is 0 Å². The number of phenolic OH excluding ortho intramolecular Hbond substituents is 2. The minimum Gasteiger partial charge on any atom is -0.504 e. The molecule has 0 unspecified atom stereocenters. The van der Waals surface area contributed by atoms with Gasteiger partial charge in [-0.1, -0.05) is 38.3 Å². The van der Waals surface area contributed by atoms with E-state index in [4.69, 9.17) is 0 Å². The SMILES string of the molecule is CCCCC[C@@H](c1cccc(O)c1O)N1CCNCC1. The Morgan fingerprint density at radius 3 is 2.65 bits per heavy atom. The molecule has 1 aliphatic rings. The van der Waals surface area contributed by atoms with Gasteiger partial charge in [0, 0.05) is 37.8 Å². The summed E-state index contributed by atoms with van der Waals surface area (Å²) in [6.45, 7) is 6.16. The van der Waals surface area contributed by atoms with Crippen molar-refractivity contribution < 1.29 is 10.2 Å². The minimum absolute atomic E-state index is 0.0156. The molecule has 0 amide bonds. The van der Waals surface area contributed by atoms with Crippen LogP contribution in [0.15, 0.2) is 18.2 Å². The van der Waals surface area contributed by atoms with Gasteiger partial charge in [-0.2, -0.15) is 0 Å². The monoisotopic (exact) mass is 278 g/mol. The minimum atomic E-state index is -0.0156. The maximum Gasteiger partial charge on any atom is 0.162 e.